The van der Waals surface area contributed by atoms with Gasteiger partial charge in [-0.25, -0.2) is 5.43 Å². The third kappa shape index (κ3) is 3.35. The summed E-state index contributed by atoms with van der Waals surface area (Å²) in [6, 6.07) is 5.91. The highest BCUT2D eigenvalue weighted by Crippen LogP contribution is 2.33. The minimum atomic E-state index is 0.0214. The zero-order valence-electron chi connectivity index (χ0n) is 10.3. The van der Waals surface area contributed by atoms with Crippen molar-refractivity contribution in [2.45, 2.75) is 38.1 Å². The zero-order valence-corrected chi connectivity index (χ0v) is 12.6. The highest BCUT2D eigenvalue weighted by Gasteiger charge is 2.19. The van der Waals surface area contributed by atoms with E-state index in [-0.39, 0.29) is 6.04 Å². The maximum Gasteiger partial charge on any atom is 0.0684 e. The van der Waals surface area contributed by atoms with Gasteiger partial charge in [-0.15, -0.1) is 0 Å². The molecule has 2 rings (SSSR count). The predicted octanol–water partition coefficient (Wildman–Crippen LogP) is 4.50. The molecule has 1 aliphatic rings. The third-order valence-electron chi connectivity index (χ3n) is 3.38. The first-order valence-corrected chi connectivity index (χ1v) is 7.49. The summed E-state index contributed by atoms with van der Waals surface area (Å²) in [5, 5.41) is 0.756. The number of allylic oxidation sites excluding steroid dienone is 1. The molecule has 3 N–H and O–H groups in total. The fraction of sp³-hybridized carbons (Fsp3) is 0.429. The van der Waals surface area contributed by atoms with Gasteiger partial charge in [0.05, 0.1) is 6.04 Å². The van der Waals surface area contributed by atoms with Crippen LogP contribution in [0.2, 0.25) is 5.02 Å². The van der Waals surface area contributed by atoms with Crippen LogP contribution in [0.25, 0.3) is 0 Å². The van der Waals surface area contributed by atoms with Gasteiger partial charge in [0.1, 0.15) is 0 Å². The molecule has 0 fully saturated rings. The summed E-state index contributed by atoms with van der Waals surface area (Å²) in [6.45, 7) is 0. The van der Waals surface area contributed by atoms with E-state index >= 15 is 0 Å². The second kappa shape index (κ2) is 6.71. The van der Waals surface area contributed by atoms with E-state index < -0.39 is 0 Å². The Morgan fingerprint density at radius 3 is 2.89 bits per heavy atom. The molecule has 0 heterocycles. The van der Waals surface area contributed by atoms with E-state index in [1.165, 1.54) is 24.8 Å². The van der Waals surface area contributed by atoms with Gasteiger partial charge in [-0.2, -0.15) is 0 Å². The average Bonchev–Trinajstić information content (AvgIpc) is 2.64. The molecule has 1 unspecified atom stereocenters. The molecule has 1 aromatic rings. The Kier molecular flexibility index (Phi) is 5.25. The molecule has 98 valence electrons. The van der Waals surface area contributed by atoms with E-state index in [0.29, 0.717) is 0 Å². The second-order valence-electron chi connectivity index (χ2n) is 4.64. The average molecular weight is 330 g/mol. The van der Waals surface area contributed by atoms with Crippen LogP contribution in [-0.2, 0) is 0 Å². The summed E-state index contributed by atoms with van der Waals surface area (Å²) >= 11 is 9.77. The maximum atomic E-state index is 6.29. The molecule has 0 amide bonds. The number of nitrogens with one attached hydrogen (secondary N) is 1. The van der Waals surface area contributed by atoms with Crippen molar-refractivity contribution in [1.29, 1.82) is 0 Å². The van der Waals surface area contributed by atoms with Gasteiger partial charge in [-0.05, 0) is 49.4 Å². The fourth-order valence-corrected chi connectivity index (χ4v) is 3.04. The first-order chi connectivity index (χ1) is 8.72. The lowest BCUT2D eigenvalue weighted by molar-refractivity contribution is 0.593. The van der Waals surface area contributed by atoms with Crippen LogP contribution in [0, 0.1) is 0 Å². The largest absolute Gasteiger partial charge is 0.271 e. The fourth-order valence-electron chi connectivity index (χ4n) is 2.43. The van der Waals surface area contributed by atoms with Crippen molar-refractivity contribution in [3.63, 3.8) is 0 Å². The van der Waals surface area contributed by atoms with Crippen molar-refractivity contribution in [3.8, 4) is 0 Å². The van der Waals surface area contributed by atoms with Crippen LogP contribution >= 0.6 is 27.5 Å². The van der Waals surface area contributed by atoms with Crippen LogP contribution in [0.3, 0.4) is 0 Å². The maximum absolute atomic E-state index is 6.29. The number of halogens is 2. The summed E-state index contributed by atoms with van der Waals surface area (Å²) < 4.78 is 1.02. The van der Waals surface area contributed by atoms with Gasteiger partial charge in [-0.1, -0.05) is 45.6 Å². The molecule has 0 bridgehead atoms. The molecule has 0 saturated carbocycles. The van der Waals surface area contributed by atoms with Gasteiger partial charge in [0.2, 0.25) is 0 Å². The van der Waals surface area contributed by atoms with Crippen molar-refractivity contribution in [2.24, 2.45) is 5.84 Å². The third-order valence-corrected chi connectivity index (χ3v) is 4.22. The number of rotatable bonds is 3. The minimum Gasteiger partial charge on any atom is -0.271 e. The lowest BCUT2D eigenvalue weighted by Crippen LogP contribution is -2.29. The van der Waals surface area contributed by atoms with Gasteiger partial charge in [0.25, 0.3) is 0 Å². The van der Waals surface area contributed by atoms with Gasteiger partial charge < -0.3 is 0 Å². The van der Waals surface area contributed by atoms with Gasteiger partial charge in [0.15, 0.2) is 0 Å². The molecule has 18 heavy (non-hydrogen) atoms. The highest BCUT2D eigenvalue weighted by atomic mass is 79.9. The lowest BCUT2D eigenvalue weighted by atomic mass is 9.95. The highest BCUT2D eigenvalue weighted by molar-refractivity contribution is 9.10. The smallest absolute Gasteiger partial charge is 0.0684 e. The Hall–Kier alpha value is -0.350. The van der Waals surface area contributed by atoms with Crippen LogP contribution in [-0.4, -0.2) is 0 Å². The van der Waals surface area contributed by atoms with Crippen molar-refractivity contribution < 1.29 is 0 Å². The quantitative estimate of drug-likeness (QED) is 0.487. The summed E-state index contributed by atoms with van der Waals surface area (Å²) in [5.74, 6) is 5.74. The van der Waals surface area contributed by atoms with E-state index in [0.717, 1.165) is 27.9 Å². The molecule has 4 heteroatoms. The topological polar surface area (TPSA) is 38.0 Å². The van der Waals surface area contributed by atoms with Crippen LogP contribution in [0.1, 0.15) is 43.7 Å². The van der Waals surface area contributed by atoms with Crippen molar-refractivity contribution >= 4 is 27.5 Å². The molecular formula is C14H18BrClN2. The Labute approximate surface area is 122 Å². The van der Waals surface area contributed by atoms with E-state index in [1.807, 2.05) is 18.2 Å². The van der Waals surface area contributed by atoms with Gasteiger partial charge in [0, 0.05) is 9.50 Å². The standard InChI is InChI=1S/C14H18BrClN2/c15-11-7-8-13(16)12(9-11)14(18-17)10-5-3-1-2-4-6-10/h5,7-9,14,18H,1-4,6,17H2. The van der Waals surface area contributed by atoms with Gasteiger partial charge >= 0.3 is 0 Å². The molecule has 0 radical (unpaired) electrons. The monoisotopic (exact) mass is 328 g/mol. The van der Waals surface area contributed by atoms with Crippen molar-refractivity contribution in [2.75, 3.05) is 0 Å². The molecular weight excluding hydrogens is 312 g/mol. The SMILES string of the molecule is NNC(C1=CCCCCC1)c1cc(Br)ccc1Cl. The molecule has 1 atom stereocenters. The Bertz CT molecular complexity index is 445. The van der Waals surface area contributed by atoms with E-state index in [1.54, 1.807) is 0 Å². The van der Waals surface area contributed by atoms with Crippen LogP contribution in [0.15, 0.2) is 34.3 Å². The first kappa shape index (κ1) is 14.1. The van der Waals surface area contributed by atoms with Crippen LogP contribution in [0.5, 0.6) is 0 Å². The molecule has 2 nitrogen and oxygen atoms in total. The summed E-state index contributed by atoms with van der Waals surface area (Å²) in [6.07, 6.45) is 8.34. The molecule has 1 aliphatic carbocycles. The van der Waals surface area contributed by atoms with Crippen molar-refractivity contribution in [3.05, 3.63) is 44.9 Å². The molecule has 0 spiro atoms. The van der Waals surface area contributed by atoms with E-state index in [4.69, 9.17) is 17.4 Å². The normalized spacial score (nSPS) is 18.1. The number of hydrazine groups is 1. The zero-order chi connectivity index (χ0) is 13.0. The first-order valence-electron chi connectivity index (χ1n) is 6.32. The van der Waals surface area contributed by atoms with Crippen molar-refractivity contribution in [1.82, 2.24) is 5.43 Å². The number of hydrogen-bond acceptors (Lipinski definition) is 2. The Balaban J connectivity index is 2.32. The Morgan fingerprint density at radius 1 is 1.28 bits per heavy atom. The predicted molar refractivity (Wildman–Crippen MR) is 80.4 cm³/mol. The summed E-state index contributed by atoms with van der Waals surface area (Å²) in [5.41, 5.74) is 5.31. The number of hydrogen-bond donors (Lipinski definition) is 2. The number of benzene rings is 1. The summed E-state index contributed by atoms with van der Waals surface area (Å²) in [7, 11) is 0. The van der Waals surface area contributed by atoms with Crippen LogP contribution in [0.4, 0.5) is 0 Å². The molecule has 0 aliphatic heterocycles. The number of nitrogens with two attached hydrogens (primary N) is 1. The molecule has 0 aromatic heterocycles. The lowest BCUT2D eigenvalue weighted by Gasteiger charge is -2.21. The summed E-state index contributed by atoms with van der Waals surface area (Å²) in [4.78, 5) is 0. The van der Waals surface area contributed by atoms with E-state index in [9.17, 15) is 0 Å². The Morgan fingerprint density at radius 2 is 2.11 bits per heavy atom. The van der Waals surface area contributed by atoms with Crippen LogP contribution < -0.4 is 11.3 Å². The molecule has 1 aromatic carbocycles. The molecule has 0 saturated heterocycles. The van der Waals surface area contributed by atoms with E-state index in [2.05, 4.69) is 27.4 Å². The second-order valence-corrected chi connectivity index (χ2v) is 5.97. The van der Waals surface area contributed by atoms with Gasteiger partial charge in [-0.3, -0.25) is 5.84 Å². The minimum absolute atomic E-state index is 0.0214.